The maximum absolute atomic E-state index is 12.0. The maximum Gasteiger partial charge on any atom is 0.408 e. The van der Waals surface area contributed by atoms with Gasteiger partial charge in [-0.1, -0.05) is 72.8 Å². The van der Waals surface area contributed by atoms with E-state index in [0.717, 1.165) is 17.5 Å². The zero-order valence-electron chi connectivity index (χ0n) is 13.7. The number of carbonyl (C=O) groups excluding carboxylic acids is 1. The molecule has 0 bridgehead atoms. The number of carbonyl (C=O) groups is 1. The predicted molar refractivity (Wildman–Crippen MR) is 97.8 cm³/mol. The average Bonchev–Trinajstić information content (AvgIpc) is 3.04. The molecule has 0 saturated carbocycles. The first-order valence-electron chi connectivity index (χ1n) is 8.32. The van der Waals surface area contributed by atoms with Gasteiger partial charge in [-0.3, -0.25) is 0 Å². The molecular formula is C22H18NO2. The standard InChI is InChI=1S/C22H18NO2/c24-22(23-14-16-7-2-1-3-8-16)25-15-19-11-6-10-18-13-17-9-4-5-12-20(17)21(18)19/h1-12,14H,13,15H2,(H,23,24). The Kier molecular flexibility index (Phi) is 4.21. The van der Waals surface area contributed by atoms with Crippen molar-refractivity contribution in [3.8, 4) is 11.1 Å². The van der Waals surface area contributed by atoms with E-state index in [9.17, 15) is 4.79 Å². The first kappa shape index (κ1) is 15.5. The van der Waals surface area contributed by atoms with E-state index in [-0.39, 0.29) is 6.61 Å². The number of amides is 1. The van der Waals surface area contributed by atoms with Crippen LogP contribution in [-0.4, -0.2) is 6.09 Å². The summed E-state index contributed by atoms with van der Waals surface area (Å²) in [7, 11) is 0. The summed E-state index contributed by atoms with van der Waals surface area (Å²) in [5, 5.41) is 2.67. The Morgan fingerprint density at radius 2 is 1.68 bits per heavy atom. The molecule has 0 saturated heterocycles. The Morgan fingerprint density at radius 3 is 2.56 bits per heavy atom. The van der Waals surface area contributed by atoms with Gasteiger partial charge < -0.3 is 10.1 Å². The van der Waals surface area contributed by atoms with Gasteiger partial charge in [-0.2, -0.15) is 0 Å². The van der Waals surface area contributed by atoms with E-state index in [1.807, 2.05) is 48.5 Å². The third-order valence-corrected chi connectivity index (χ3v) is 4.42. The van der Waals surface area contributed by atoms with Crippen LogP contribution in [0.15, 0.2) is 72.8 Å². The van der Waals surface area contributed by atoms with Gasteiger partial charge in [-0.05, 0) is 39.8 Å². The van der Waals surface area contributed by atoms with Crippen LogP contribution in [0.4, 0.5) is 4.79 Å². The Morgan fingerprint density at radius 1 is 0.920 bits per heavy atom. The predicted octanol–water partition coefficient (Wildman–Crippen LogP) is 4.69. The van der Waals surface area contributed by atoms with Crippen molar-refractivity contribution in [2.24, 2.45) is 0 Å². The SMILES string of the molecule is O=C(N[CH]c1ccccc1)OCc1cccc2c1-c1ccccc1C2. The van der Waals surface area contributed by atoms with Gasteiger partial charge in [0.2, 0.25) is 0 Å². The molecule has 3 aromatic rings. The minimum absolute atomic E-state index is 0.256. The highest BCUT2D eigenvalue weighted by Crippen LogP contribution is 2.38. The van der Waals surface area contributed by atoms with Gasteiger partial charge in [-0.15, -0.1) is 0 Å². The molecule has 0 unspecified atom stereocenters. The third kappa shape index (κ3) is 3.26. The van der Waals surface area contributed by atoms with E-state index in [2.05, 4.69) is 29.6 Å². The fourth-order valence-corrected chi connectivity index (χ4v) is 3.27. The number of nitrogens with one attached hydrogen (secondary N) is 1. The molecule has 0 aliphatic heterocycles. The molecule has 123 valence electrons. The normalized spacial score (nSPS) is 11.5. The van der Waals surface area contributed by atoms with Crippen molar-refractivity contribution in [3.63, 3.8) is 0 Å². The Balaban J connectivity index is 1.43. The summed E-state index contributed by atoms with van der Waals surface area (Å²) in [6.45, 7) is 1.90. The topological polar surface area (TPSA) is 38.3 Å². The van der Waals surface area contributed by atoms with Crippen LogP contribution in [-0.2, 0) is 17.8 Å². The lowest BCUT2D eigenvalue weighted by molar-refractivity contribution is 0.142. The molecule has 0 atom stereocenters. The molecule has 1 N–H and O–H groups in total. The maximum atomic E-state index is 12.0. The van der Waals surface area contributed by atoms with Crippen LogP contribution in [0, 0.1) is 6.54 Å². The number of ether oxygens (including phenoxy) is 1. The van der Waals surface area contributed by atoms with Crippen LogP contribution in [0.5, 0.6) is 0 Å². The second-order valence-electron chi connectivity index (χ2n) is 6.06. The zero-order chi connectivity index (χ0) is 17.1. The van der Waals surface area contributed by atoms with Crippen LogP contribution in [0.3, 0.4) is 0 Å². The molecular weight excluding hydrogens is 310 g/mol. The smallest absolute Gasteiger partial charge is 0.408 e. The molecule has 4 rings (SSSR count). The minimum atomic E-state index is -0.451. The van der Waals surface area contributed by atoms with E-state index in [0.29, 0.717) is 0 Å². The van der Waals surface area contributed by atoms with Crippen molar-refractivity contribution in [1.82, 2.24) is 5.32 Å². The monoisotopic (exact) mass is 328 g/mol. The molecule has 3 nitrogen and oxygen atoms in total. The molecule has 25 heavy (non-hydrogen) atoms. The molecule has 1 aliphatic carbocycles. The number of fused-ring (bicyclic) bond motifs is 3. The lowest BCUT2D eigenvalue weighted by Gasteiger charge is -2.11. The highest BCUT2D eigenvalue weighted by atomic mass is 16.5. The van der Waals surface area contributed by atoms with E-state index in [1.54, 1.807) is 6.54 Å². The van der Waals surface area contributed by atoms with Gasteiger partial charge in [0, 0.05) is 0 Å². The van der Waals surface area contributed by atoms with E-state index >= 15 is 0 Å². The molecule has 0 heterocycles. The summed E-state index contributed by atoms with van der Waals surface area (Å²) < 4.78 is 5.41. The Bertz CT molecular complexity index is 903. The first-order valence-corrected chi connectivity index (χ1v) is 8.32. The molecule has 1 aliphatic rings. The van der Waals surface area contributed by atoms with E-state index in [4.69, 9.17) is 4.74 Å². The van der Waals surface area contributed by atoms with Gasteiger partial charge in [0.25, 0.3) is 0 Å². The van der Waals surface area contributed by atoms with Gasteiger partial charge >= 0.3 is 6.09 Å². The lowest BCUT2D eigenvalue weighted by Crippen LogP contribution is -2.22. The van der Waals surface area contributed by atoms with E-state index < -0.39 is 6.09 Å². The molecule has 1 radical (unpaired) electrons. The highest BCUT2D eigenvalue weighted by molar-refractivity contribution is 5.79. The van der Waals surface area contributed by atoms with E-state index in [1.165, 1.54) is 22.3 Å². The van der Waals surface area contributed by atoms with Gasteiger partial charge in [0.05, 0.1) is 6.54 Å². The van der Waals surface area contributed by atoms with Crippen LogP contribution in [0.2, 0.25) is 0 Å². The van der Waals surface area contributed by atoms with Gasteiger partial charge in [0.1, 0.15) is 6.61 Å². The van der Waals surface area contributed by atoms with Crippen LogP contribution < -0.4 is 5.32 Å². The molecule has 0 aromatic heterocycles. The number of rotatable bonds is 4. The fourth-order valence-electron chi connectivity index (χ4n) is 3.27. The van der Waals surface area contributed by atoms with Gasteiger partial charge in [-0.25, -0.2) is 4.79 Å². The highest BCUT2D eigenvalue weighted by Gasteiger charge is 2.21. The second kappa shape index (κ2) is 6.81. The van der Waals surface area contributed by atoms with Crippen molar-refractivity contribution in [3.05, 3.63) is 102 Å². The molecule has 1 amide bonds. The zero-order valence-corrected chi connectivity index (χ0v) is 13.7. The largest absolute Gasteiger partial charge is 0.445 e. The minimum Gasteiger partial charge on any atom is -0.445 e. The van der Waals surface area contributed by atoms with Gasteiger partial charge in [0.15, 0.2) is 0 Å². The van der Waals surface area contributed by atoms with Crippen LogP contribution in [0.25, 0.3) is 11.1 Å². The average molecular weight is 328 g/mol. The van der Waals surface area contributed by atoms with Crippen molar-refractivity contribution in [2.75, 3.05) is 0 Å². The number of hydrogen-bond acceptors (Lipinski definition) is 2. The molecule has 3 heteroatoms. The summed E-state index contributed by atoms with van der Waals surface area (Å²) >= 11 is 0. The summed E-state index contributed by atoms with van der Waals surface area (Å²) in [5.41, 5.74) is 7.03. The summed E-state index contributed by atoms with van der Waals surface area (Å²) in [6.07, 6.45) is 0.487. The summed E-state index contributed by atoms with van der Waals surface area (Å²) in [5.74, 6) is 0. The molecule has 0 fully saturated rings. The quantitative estimate of drug-likeness (QED) is 0.590. The number of benzene rings is 3. The number of alkyl carbamates (subject to hydrolysis) is 1. The van der Waals surface area contributed by atoms with Crippen molar-refractivity contribution in [2.45, 2.75) is 13.0 Å². The van der Waals surface area contributed by atoms with Crippen molar-refractivity contribution >= 4 is 6.09 Å². The lowest BCUT2D eigenvalue weighted by atomic mass is 10.00. The first-order chi connectivity index (χ1) is 12.3. The van der Waals surface area contributed by atoms with Crippen molar-refractivity contribution in [1.29, 1.82) is 0 Å². The summed E-state index contributed by atoms with van der Waals surface area (Å²) in [6, 6.07) is 24.2. The molecule has 0 spiro atoms. The van der Waals surface area contributed by atoms with Crippen molar-refractivity contribution < 1.29 is 9.53 Å². The van der Waals surface area contributed by atoms with Crippen LogP contribution >= 0.6 is 0 Å². The summed E-state index contributed by atoms with van der Waals surface area (Å²) in [4.78, 5) is 12.0. The van der Waals surface area contributed by atoms with Crippen LogP contribution in [0.1, 0.15) is 22.3 Å². The second-order valence-corrected chi connectivity index (χ2v) is 6.06. The number of hydrogen-bond donors (Lipinski definition) is 1. The Hall–Kier alpha value is -3.07. The fraction of sp³-hybridized carbons (Fsp3) is 0.0909. The third-order valence-electron chi connectivity index (χ3n) is 4.42. The Labute approximate surface area is 147 Å². The molecule has 3 aromatic carbocycles.